The number of carbonyl (C=O) groups is 1. The minimum Gasteiger partial charge on any atom is -0.454 e. The SMILES string of the molecule is O=C(N/N=C/c1ccc(Cl)cc1Cl)c1cc(-c2cc3ccccc3o2)[nH]n1. The maximum atomic E-state index is 12.2. The first-order valence-electron chi connectivity index (χ1n) is 7.93. The molecule has 0 fully saturated rings. The molecule has 0 aliphatic heterocycles. The van der Waals surface area contributed by atoms with Crippen molar-refractivity contribution in [2.24, 2.45) is 5.10 Å². The Labute approximate surface area is 163 Å². The second-order valence-corrected chi connectivity index (χ2v) is 6.52. The number of fused-ring (bicyclic) bond motifs is 1. The minimum atomic E-state index is -0.463. The molecule has 0 unspecified atom stereocenters. The first-order valence-corrected chi connectivity index (χ1v) is 8.68. The normalized spacial score (nSPS) is 11.3. The summed E-state index contributed by atoms with van der Waals surface area (Å²) < 4.78 is 5.75. The van der Waals surface area contributed by atoms with Gasteiger partial charge in [-0.15, -0.1) is 0 Å². The Morgan fingerprint density at radius 1 is 1.15 bits per heavy atom. The number of nitrogens with zero attached hydrogens (tertiary/aromatic N) is 2. The van der Waals surface area contributed by atoms with Crippen molar-refractivity contribution in [3.63, 3.8) is 0 Å². The highest BCUT2D eigenvalue weighted by Crippen LogP contribution is 2.26. The average molecular weight is 399 g/mol. The van der Waals surface area contributed by atoms with Gasteiger partial charge >= 0.3 is 0 Å². The van der Waals surface area contributed by atoms with Gasteiger partial charge in [0, 0.05) is 22.0 Å². The predicted octanol–water partition coefficient (Wildman–Crippen LogP) is 4.89. The van der Waals surface area contributed by atoms with Gasteiger partial charge in [0.1, 0.15) is 11.3 Å². The van der Waals surface area contributed by atoms with Crippen molar-refractivity contribution >= 4 is 46.3 Å². The van der Waals surface area contributed by atoms with E-state index in [1.165, 1.54) is 6.21 Å². The molecule has 134 valence electrons. The molecule has 0 radical (unpaired) electrons. The molecule has 8 heteroatoms. The zero-order valence-electron chi connectivity index (χ0n) is 13.7. The number of para-hydroxylation sites is 1. The van der Waals surface area contributed by atoms with Crippen molar-refractivity contribution in [1.29, 1.82) is 0 Å². The number of amides is 1. The molecule has 0 aliphatic rings. The Morgan fingerprint density at radius 3 is 2.81 bits per heavy atom. The van der Waals surface area contributed by atoms with E-state index >= 15 is 0 Å². The van der Waals surface area contributed by atoms with Crippen LogP contribution in [0.4, 0.5) is 0 Å². The van der Waals surface area contributed by atoms with Crippen molar-refractivity contribution in [3.05, 3.63) is 75.9 Å². The third kappa shape index (κ3) is 3.72. The van der Waals surface area contributed by atoms with Gasteiger partial charge < -0.3 is 4.42 Å². The van der Waals surface area contributed by atoms with E-state index in [-0.39, 0.29) is 5.69 Å². The van der Waals surface area contributed by atoms with Crippen LogP contribution in [0.25, 0.3) is 22.4 Å². The van der Waals surface area contributed by atoms with Crippen LogP contribution in [0.5, 0.6) is 0 Å². The maximum Gasteiger partial charge on any atom is 0.291 e. The number of hydrogen-bond donors (Lipinski definition) is 2. The van der Waals surface area contributed by atoms with Crippen LogP contribution < -0.4 is 5.43 Å². The van der Waals surface area contributed by atoms with Gasteiger partial charge in [0.05, 0.1) is 11.2 Å². The minimum absolute atomic E-state index is 0.185. The Bertz CT molecular complexity index is 1130. The number of nitrogens with one attached hydrogen (secondary N) is 2. The maximum absolute atomic E-state index is 12.2. The van der Waals surface area contributed by atoms with Gasteiger partial charge in [-0.25, -0.2) is 5.43 Å². The largest absolute Gasteiger partial charge is 0.454 e. The van der Waals surface area contributed by atoms with Crippen LogP contribution >= 0.6 is 23.2 Å². The molecule has 1 amide bonds. The molecule has 27 heavy (non-hydrogen) atoms. The average Bonchev–Trinajstić information content (AvgIpc) is 3.30. The molecule has 0 saturated heterocycles. The van der Waals surface area contributed by atoms with E-state index in [2.05, 4.69) is 20.7 Å². The van der Waals surface area contributed by atoms with Gasteiger partial charge in [-0.1, -0.05) is 47.5 Å². The Morgan fingerprint density at radius 2 is 2.00 bits per heavy atom. The molecule has 0 saturated carbocycles. The highest BCUT2D eigenvalue weighted by atomic mass is 35.5. The summed E-state index contributed by atoms with van der Waals surface area (Å²) in [6.45, 7) is 0. The Hall–Kier alpha value is -3.09. The number of carbonyl (C=O) groups excluding carboxylic acids is 1. The number of aromatic nitrogens is 2. The molecule has 0 atom stereocenters. The number of rotatable bonds is 4. The molecule has 2 N–H and O–H groups in total. The first-order chi connectivity index (χ1) is 13.1. The lowest BCUT2D eigenvalue weighted by molar-refractivity contribution is 0.0950. The van der Waals surface area contributed by atoms with E-state index in [0.29, 0.717) is 27.1 Å². The highest BCUT2D eigenvalue weighted by Gasteiger charge is 2.13. The van der Waals surface area contributed by atoms with Crippen molar-refractivity contribution in [2.75, 3.05) is 0 Å². The summed E-state index contributed by atoms with van der Waals surface area (Å²) in [4.78, 5) is 12.2. The van der Waals surface area contributed by atoms with E-state index in [4.69, 9.17) is 27.6 Å². The molecular weight excluding hydrogens is 387 g/mol. The lowest BCUT2D eigenvalue weighted by atomic mass is 10.2. The monoisotopic (exact) mass is 398 g/mol. The molecule has 4 aromatic rings. The molecule has 2 aromatic heterocycles. The lowest BCUT2D eigenvalue weighted by Crippen LogP contribution is -2.18. The zero-order chi connectivity index (χ0) is 18.8. The Balaban J connectivity index is 1.47. The molecule has 2 aromatic carbocycles. The van der Waals surface area contributed by atoms with E-state index in [9.17, 15) is 4.79 Å². The number of furan rings is 1. The van der Waals surface area contributed by atoms with Crippen LogP contribution in [-0.4, -0.2) is 22.3 Å². The number of H-pyrrole nitrogens is 1. The summed E-state index contributed by atoms with van der Waals surface area (Å²) in [6, 6.07) is 16.1. The number of hydrogen-bond acceptors (Lipinski definition) is 4. The number of benzene rings is 2. The fraction of sp³-hybridized carbons (Fsp3) is 0. The smallest absolute Gasteiger partial charge is 0.291 e. The van der Waals surface area contributed by atoms with E-state index in [1.807, 2.05) is 30.3 Å². The number of hydrazone groups is 1. The van der Waals surface area contributed by atoms with Crippen LogP contribution in [0.3, 0.4) is 0 Å². The molecule has 0 aliphatic carbocycles. The first kappa shape index (κ1) is 17.3. The van der Waals surface area contributed by atoms with Crippen molar-refractivity contribution in [3.8, 4) is 11.5 Å². The van der Waals surface area contributed by atoms with Crippen LogP contribution in [0.1, 0.15) is 16.1 Å². The summed E-state index contributed by atoms with van der Waals surface area (Å²) in [5.41, 5.74) is 4.58. The zero-order valence-corrected chi connectivity index (χ0v) is 15.3. The third-order valence-corrected chi connectivity index (χ3v) is 4.40. The summed E-state index contributed by atoms with van der Waals surface area (Å²) in [5, 5.41) is 12.6. The number of halogens is 2. The third-order valence-electron chi connectivity index (χ3n) is 3.83. The topological polar surface area (TPSA) is 83.3 Å². The van der Waals surface area contributed by atoms with Crippen molar-refractivity contribution in [2.45, 2.75) is 0 Å². The molecule has 2 heterocycles. The van der Waals surface area contributed by atoms with Crippen molar-refractivity contribution < 1.29 is 9.21 Å². The van der Waals surface area contributed by atoms with Crippen LogP contribution in [0.2, 0.25) is 10.0 Å². The second kappa shape index (κ2) is 7.26. The van der Waals surface area contributed by atoms with Gasteiger partial charge in [-0.2, -0.15) is 10.2 Å². The standard InChI is InChI=1S/C19H12Cl2N4O2/c20-13-6-5-12(14(21)8-13)10-22-25-19(26)16-9-15(23-24-16)18-7-11-3-1-2-4-17(11)27-18/h1-10H,(H,23,24)(H,25,26)/b22-10+. The van der Waals surface area contributed by atoms with E-state index in [1.54, 1.807) is 24.3 Å². The Kier molecular flexibility index (Phi) is 4.66. The highest BCUT2D eigenvalue weighted by molar-refractivity contribution is 6.36. The van der Waals surface area contributed by atoms with Gasteiger partial charge in [0.15, 0.2) is 11.5 Å². The van der Waals surface area contributed by atoms with Crippen LogP contribution in [0, 0.1) is 0 Å². The number of aromatic amines is 1. The van der Waals surface area contributed by atoms with E-state index in [0.717, 1.165) is 11.0 Å². The molecular formula is C19H12Cl2N4O2. The summed E-state index contributed by atoms with van der Waals surface area (Å²) in [5.74, 6) is 0.133. The fourth-order valence-electron chi connectivity index (χ4n) is 2.50. The van der Waals surface area contributed by atoms with Gasteiger partial charge in [-0.3, -0.25) is 9.89 Å². The van der Waals surface area contributed by atoms with Crippen molar-refractivity contribution in [1.82, 2.24) is 15.6 Å². The van der Waals surface area contributed by atoms with Crippen LogP contribution in [-0.2, 0) is 0 Å². The summed E-state index contributed by atoms with van der Waals surface area (Å²) in [7, 11) is 0. The fourth-order valence-corrected chi connectivity index (χ4v) is 2.96. The predicted molar refractivity (Wildman–Crippen MR) is 105 cm³/mol. The molecule has 0 bridgehead atoms. The summed E-state index contributed by atoms with van der Waals surface area (Å²) >= 11 is 11.9. The molecule has 4 rings (SSSR count). The molecule has 6 nitrogen and oxygen atoms in total. The molecule has 0 spiro atoms. The summed E-state index contributed by atoms with van der Waals surface area (Å²) in [6.07, 6.45) is 1.43. The van der Waals surface area contributed by atoms with Gasteiger partial charge in [0.2, 0.25) is 0 Å². The van der Waals surface area contributed by atoms with E-state index < -0.39 is 5.91 Å². The quantitative estimate of drug-likeness (QED) is 0.379. The second-order valence-electron chi connectivity index (χ2n) is 5.68. The van der Waals surface area contributed by atoms with Gasteiger partial charge in [-0.05, 0) is 24.3 Å². The van der Waals surface area contributed by atoms with Gasteiger partial charge in [0.25, 0.3) is 5.91 Å². The van der Waals surface area contributed by atoms with Crippen LogP contribution in [0.15, 0.2) is 64.1 Å². The lowest BCUT2D eigenvalue weighted by Gasteiger charge is -1.98.